The third kappa shape index (κ3) is 1.98. The smallest absolute Gasteiger partial charge is 0.0672 e. The van der Waals surface area contributed by atoms with Crippen molar-refractivity contribution in [1.29, 1.82) is 0 Å². The van der Waals surface area contributed by atoms with Gasteiger partial charge in [-0.2, -0.15) is 5.10 Å². The Hall–Kier alpha value is -1.61. The van der Waals surface area contributed by atoms with Gasteiger partial charge in [0.25, 0.3) is 0 Å². The molecule has 1 aliphatic carbocycles. The molecular formula is C16H21N3. The van der Waals surface area contributed by atoms with Crippen LogP contribution < -0.4 is 0 Å². The first-order chi connectivity index (χ1) is 9.08. The zero-order chi connectivity index (χ0) is 13.6. The van der Waals surface area contributed by atoms with E-state index in [1.165, 1.54) is 35.1 Å². The number of benzene rings is 1. The van der Waals surface area contributed by atoms with Gasteiger partial charge >= 0.3 is 0 Å². The molecular weight excluding hydrogens is 234 g/mol. The zero-order valence-corrected chi connectivity index (χ0v) is 12.1. The SMILES string of the molecule is Cc1n[nH]c(C)c1-c1ccc2c(c1)C(N(C)C)CC2. The average molecular weight is 255 g/mol. The summed E-state index contributed by atoms with van der Waals surface area (Å²) in [6.07, 6.45) is 2.43. The van der Waals surface area contributed by atoms with E-state index >= 15 is 0 Å². The van der Waals surface area contributed by atoms with Crippen LogP contribution >= 0.6 is 0 Å². The molecule has 0 amide bonds. The monoisotopic (exact) mass is 255 g/mol. The first kappa shape index (κ1) is 12.4. The lowest BCUT2D eigenvalue weighted by atomic mass is 9.98. The van der Waals surface area contributed by atoms with E-state index in [1.807, 2.05) is 0 Å². The molecule has 1 unspecified atom stereocenters. The van der Waals surface area contributed by atoms with Crippen molar-refractivity contribution in [2.45, 2.75) is 32.7 Å². The van der Waals surface area contributed by atoms with Crippen molar-refractivity contribution >= 4 is 0 Å². The fourth-order valence-electron chi connectivity index (χ4n) is 3.25. The maximum atomic E-state index is 4.30. The van der Waals surface area contributed by atoms with Gasteiger partial charge in [0, 0.05) is 17.3 Å². The van der Waals surface area contributed by atoms with Gasteiger partial charge < -0.3 is 4.90 Å². The lowest BCUT2D eigenvalue weighted by Crippen LogP contribution is -2.17. The molecule has 1 N–H and O–H groups in total. The third-order valence-corrected chi connectivity index (χ3v) is 4.23. The largest absolute Gasteiger partial charge is 0.302 e. The van der Waals surface area contributed by atoms with Crippen molar-refractivity contribution in [1.82, 2.24) is 15.1 Å². The number of rotatable bonds is 2. The summed E-state index contributed by atoms with van der Waals surface area (Å²) in [7, 11) is 4.33. The molecule has 19 heavy (non-hydrogen) atoms. The molecule has 2 aromatic rings. The highest BCUT2D eigenvalue weighted by Crippen LogP contribution is 2.37. The molecule has 100 valence electrons. The molecule has 3 rings (SSSR count). The van der Waals surface area contributed by atoms with Gasteiger partial charge in [-0.25, -0.2) is 0 Å². The molecule has 1 aromatic carbocycles. The van der Waals surface area contributed by atoms with E-state index in [9.17, 15) is 0 Å². The van der Waals surface area contributed by atoms with E-state index in [0.717, 1.165) is 11.4 Å². The van der Waals surface area contributed by atoms with Crippen molar-refractivity contribution < 1.29 is 0 Å². The number of hydrogen-bond acceptors (Lipinski definition) is 2. The molecule has 0 aliphatic heterocycles. The summed E-state index contributed by atoms with van der Waals surface area (Å²) in [6.45, 7) is 4.15. The predicted molar refractivity (Wildman–Crippen MR) is 78.2 cm³/mol. The van der Waals surface area contributed by atoms with Crippen LogP contribution in [0.2, 0.25) is 0 Å². The summed E-state index contributed by atoms with van der Waals surface area (Å²) in [5.41, 5.74) is 7.76. The van der Waals surface area contributed by atoms with Gasteiger partial charge in [-0.15, -0.1) is 0 Å². The number of fused-ring (bicyclic) bond motifs is 1. The highest BCUT2D eigenvalue weighted by Gasteiger charge is 2.24. The summed E-state index contributed by atoms with van der Waals surface area (Å²) in [4.78, 5) is 2.32. The lowest BCUT2D eigenvalue weighted by Gasteiger charge is -2.20. The van der Waals surface area contributed by atoms with Gasteiger partial charge in [-0.3, -0.25) is 5.10 Å². The number of nitrogens with one attached hydrogen (secondary N) is 1. The Labute approximate surface area is 114 Å². The summed E-state index contributed by atoms with van der Waals surface area (Å²) in [6, 6.07) is 7.45. The number of nitrogens with zero attached hydrogens (tertiary/aromatic N) is 2. The summed E-state index contributed by atoms with van der Waals surface area (Å²) in [5.74, 6) is 0. The second kappa shape index (κ2) is 4.49. The van der Waals surface area contributed by atoms with Crippen LogP contribution in [0.4, 0.5) is 0 Å². The number of aromatic nitrogens is 2. The summed E-state index contributed by atoms with van der Waals surface area (Å²) in [5, 5.41) is 7.38. The number of hydrogen-bond donors (Lipinski definition) is 1. The van der Waals surface area contributed by atoms with Gasteiger partial charge in [-0.05, 0) is 63.5 Å². The topological polar surface area (TPSA) is 31.9 Å². The van der Waals surface area contributed by atoms with E-state index in [-0.39, 0.29) is 0 Å². The fraction of sp³-hybridized carbons (Fsp3) is 0.438. The molecule has 3 heteroatoms. The van der Waals surface area contributed by atoms with Crippen molar-refractivity contribution in [3.05, 3.63) is 40.7 Å². The van der Waals surface area contributed by atoms with Gasteiger partial charge in [0.2, 0.25) is 0 Å². The van der Waals surface area contributed by atoms with E-state index in [2.05, 4.69) is 61.2 Å². The van der Waals surface area contributed by atoms with Crippen molar-refractivity contribution in [3.63, 3.8) is 0 Å². The second-order valence-electron chi connectivity index (χ2n) is 5.74. The third-order valence-electron chi connectivity index (χ3n) is 4.23. The molecule has 0 bridgehead atoms. The Bertz CT molecular complexity index is 591. The number of H-pyrrole nitrogens is 1. The molecule has 3 nitrogen and oxygen atoms in total. The standard InChI is InChI=1S/C16H21N3/c1-10-16(11(2)18-17-10)13-6-5-12-7-8-15(19(3)4)14(12)9-13/h5-6,9,15H,7-8H2,1-4H3,(H,17,18). The Morgan fingerprint density at radius 3 is 2.68 bits per heavy atom. The number of aromatic amines is 1. The van der Waals surface area contributed by atoms with Crippen LogP contribution in [0.5, 0.6) is 0 Å². The van der Waals surface area contributed by atoms with E-state index < -0.39 is 0 Å². The fourth-order valence-corrected chi connectivity index (χ4v) is 3.25. The zero-order valence-electron chi connectivity index (χ0n) is 12.1. The maximum Gasteiger partial charge on any atom is 0.0672 e. The molecule has 1 aliphatic rings. The Morgan fingerprint density at radius 1 is 1.26 bits per heavy atom. The second-order valence-corrected chi connectivity index (χ2v) is 5.74. The van der Waals surface area contributed by atoms with E-state index in [1.54, 1.807) is 0 Å². The highest BCUT2D eigenvalue weighted by atomic mass is 15.1. The van der Waals surface area contributed by atoms with Gasteiger partial charge in [0.1, 0.15) is 0 Å². The van der Waals surface area contributed by atoms with Gasteiger partial charge in [0.15, 0.2) is 0 Å². The average Bonchev–Trinajstić information content (AvgIpc) is 2.92. The minimum Gasteiger partial charge on any atom is -0.302 e. The Kier molecular flexibility index (Phi) is 2.94. The molecule has 0 saturated heterocycles. The molecule has 1 atom stereocenters. The molecule has 0 fully saturated rings. The highest BCUT2D eigenvalue weighted by molar-refractivity contribution is 5.69. The molecule has 1 aromatic heterocycles. The molecule has 0 saturated carbocycles. The van der Waals surface area contributed by atoms with Crippen LogP contribution in [-0.2, 0) is 6.42 Å². The van der Waals surface area contributed by atoms with Gasteiger partial charge in [0.05, 0.1) is 5.69 Å². The summed E-state index contributed by atoms with van der Waals surface area (Å²) >= 11 is 0. The van der Waals surface area contributed by atoms with Crippen molar-refractivity contribution in [2.24, 2.45) is 0 Å². The molecule has 0 spiro atoms. The first-order valence-electron chi connectivity index (χ1n) is 6.89. The Morgan fingerprint density at radius 2 is 2.05 bits per heavy atom. The van der Waals surface area contributed by atoms with E-state index in [0.29, 0.717) is 6.04 Å². The lowest BCUT2D eigenvalue weighted by molar-refractivity contribution is 0.299. The quantitative estimate of drug-likeness (QED) is 0.893. The van der Waals surface area contributed by atoms with Crippen molar-refractivity contribution in [2.75, 3.05) is 14.1 Å². The molecule has 0 radical (unpaired) electrons. The Balaban J connectivity index is 2.09. The normalized spacial score (nSPS) is 18.1. The predicted octanol–water partition coefficient (Wildman–Crippen LogP) is 3.24. The maximum absolute atomic E-state index is 4.30. The minimum absolute atomic E-state index is 0.558. The van der Waals surface area contributed by atoms with E-state index in [4.69, 9.17) is 0 Å². The van der Waals surface area contributed by atoms with Crippen LogP contribution in [0, 0.1) is 13.8 Å². The van der Waals surface area contributed by atoms with Crippen LogP contribution in [0.25, 0.3) is 11.1 Å². The first-order valence-corrected chi connectivity index (χ1v) is 6.89. The van der Waals surface area contributed by atoms with Crippen LogP contribution in [0.3, 0.4) is 0 Å². The molecule has 1 heterocycles. The van der Waals surface area contributed by atoms with Crippen LogP contribution in [0.15, 0.2) is 18.2 Å². The summed E-state index contributed by atoms with van der Waals surface area (Å²) < 4.78 is 0. The number of aryl methyl sites for hydroxylation is 3. The van der Waals surface area contributed by atoms with Crippen LogP contribution in [0.1, 0.15) is 35.0 Å². The minimum atomic E-state index is 0.558. The van der Waals surface area contributed by atoms with Crippen molar-refractivity contribution in [3.8, 4) is 11.1 Å². The van der Waals surface area contributed by atoms with Gasteiger partial charge in [-0.1, -0.05) is 12.1 Å². The van der Waals surface area contributed by atoms with Crippen LogP contribution in [-0.4, -0.2) is 29.2 Å².